The van der Waals surface area contributed by atoms with Crippen molar-refractivity contribution in [1.82, 2.24) is 9.97 Å². The SMILES string of the molecule is COC(CN)CC(=O)Nc1ccc2nccnc2c1. The van der Waals surface area contributed by atoms with Gasteiger partial charge >= 0.3 is 0 Å². The van der Waals surface area contributed by atoms with Gasteiger partial charge in [-0.05, 0) is 18.2 Å². The van der Waals surface area contributed by atoms with Gasteiger partial charge in [0.15, 0.2) is 0 Å². The van der Waals surface area contributed by atoms with Crippen LogP contribution in [-0.4, -0.2) is 35.6 Å². The Morgan fingerprint density at radius 1 is 1.37 bits per heavy atom. The quantitative estimate of drug-likeness (QED) is 0.834. The zero-order chi connectivity index (χ0) is 13.7. The Bertz CT molecular complexity index is 569. The molecule has 0 aliphatic rings. The maximum Gasteiger partial charge on any atom is 0.227 e. The van der Waals surface area contributed by atoms with Gasteiger partial charge in [-0.15, -0.1) is 0 Å². The van der Waals surface area contributed by atoms with E-state index in [4.69, 9.17) is 10.5 Å². The second kappa shape index (κ2) is 6.21. The van der Waals surface area contributed by atoms with E-state index < -0.39 is 0 Å². The Labute approximate surface area is 111 Å². The van der Waals surface area contributed by atoms with Crippen molar-refractivity contribution in [3.63, 3.8) is 0 Å². The average Bonchev–Trinajstić information content (AvgIpc) is 2.44. The number of hydrogen-bond donors (Lipinski definition) is 2. The lowest BCUT2D eigenvalue weighted by Crippen LogP contribution is -2.28. The number of aromatic nitrogens is 2. The molecule has 2 rings (SSSR count). The summed E-state index contributed by atoms with van der Waals surface area (Å²) in [5, 5.41) is 2.79. The molecule has 0 saturated carbocycles. The highest BCUT2D eigenvalue weighted by Gasteiger charge is 2.11. The van der Waals surface area contributed by atoms with Crippen molar-refractivity contribution in [2.75, 3.05) is 19.0 Å². The summed E-state index contributed by atoms with van der Waals surface area (Å²) >= 11 is 0. The zero-order valence-electron chi connectivity index (χ0n) is 10.7. The molecule has 0 spiro atoms. The van der Waals surface area contributed by atoms with Crippen LogP contribution in [0.2, 0.25) is 0 Å². The zero-order valence-corrected chi connectivity index (χ0v) is 10.7. The highest BCUT2D eigenvalue weighted by atomic mass is 16.5. The minimum absolute atomic E-state index is 0.138. The molecule has 0 fully saturated rings. The van der Waals surface area contributed by atoms with Crippen molar-refractivity contribution in [2.24, 2.45) is 5.73 Å². The summed E-state index contributed by atoms with van der Waals surface area (Å²) in [7, 11) is 1.54. The van der Waals surface area contributed by atoms with Crippen molar-refractivity contribution < 1.29 is 9.53 Å². The molecule has 1 aromatic carbocycles. The summed E-state index contributed by atoms with van der Waals surface area (Å²) in [5.41, 5.74) is 7.69. The summed E-state index contributed by atoms with van der Waals surface area (Å²) in [6.45, 7) is 0.313. The summed E-state index contributed by atoms with van der Waals surface area (Å²) in [5.74, 6) is -0.138. The number of ether oxygens (including phenoxy) is 1. The number of amides is 1. The average molecular weight is 260 g/mol. The molecule has 6 nitrogen and oxygen atoms in total. The van der Waals surface area contributed by atoms with E-state index in [1.54, 1.807) is 24.5 Å². The van der Waals surface area contributed by atoms with E-state index in [9.17, 15) is 4.79 Å². The lowest BCUT2D eigenvalue weighted by Gasteiger charge is -2.12. The fourth-order valence-electron chi connectivity index (χ4n) is 1.72. The first-order valence-electron chi connectivity index (χ1n) is 5.96. The lowest BCUT2D eigenvalue weighted by molar-refractivity contribution is -0.118. The molecule has 3 N–H and O–H groups in total. The van der Waals surface area contributed by atoms with E-state index in [0.29, 0.717) is 12.2 Å². The van der Waals surface area contributed by atoms with E-state index in [1.165, 1.54) is 7.11 Å². The van der Waals surface area contributed by atoms with Gasteiger partial charge in [-0.1, -0.05) is 0 Å². The largest absolute Gasteiger partial charge is 0.380 e. The number of fused-ring (bicyclic) bond motifs is 1. The highest BCUT2D eigenvalue weighted by Crippen LogP contribution is 2.15. The minimum atomic E-state index is -0.264. The van der Waals surface area contributed by atoms with E-state index in [1.807, 2.05) is 6.07 Å². The number of nitrogens with one attached hydrogen (secondary N) is 1. The number of hydrogen-bond acceptors (Lipinski definition) is 5. The fraction of sp³-hybridized carbons (Fsp3) is 0.308. The third-order valence-electron chi connectivity index (χ3n) is 2.76. The highest BCUT2D eigenvalue weighted by molar-refractivity contribution is 5.93. The van der Waals surface area contributed by atoms with Crippen LogP contribution < -0.4 is 11.1 Å². The Morgan fingerprint density at radius 2 is 2.11 bits per heavy atom. The fourth-order valence-corrected chi connectivity index (χ4v) is 1.72. The maximum atomic E-state index is 11.8. The molecule has 100 valence electrons. The summed E-state index contributed by atoms with van der Waals surface area (Å²) < 4.78 is 5.07. The van der Waals surface area contributed by atoms with Crippen molar-refractivity contribution in [3.05, 3.63) is 30.6 Å². The van der Waals surface area contributed by atoms with E-state index in [0.717, 1.165) is 11.0 Å². The van der Waals surface area contributed by atoms with Gasteiger partial charge in [-0.25, -0.2) is 0 Å². The van der Waals surface area contributed by atoms with E-state index in [2.05, 4.69) is 15.3 Å². The molecule has 1 amide bonds. The van der Waals surface area contributed by atoms with Crippen molar-refractivity contribution in [1.29, 1.82) is 0 Å². The molecule has 1 aromatic heterocycles. The number of nitrogens with zero attached hydrogens (tertiary/aromatic N) is 2. The Hall–Kier alpha value is -2.05. The maximum absolute atomic E-state index is 11.8. The Morgan fingerprint density at radius 3 is 2.79 bits per heavy atom. The molecule has 19 heavy (non-hydrogen) atoms. The summed E-state index contributed by atoms with van der Waals surface area (Å²) in [6.07, 6.45) is 3.21. The first-order chi connectivity index (χ1) is 9.22. The Balaban J connectivity index is 2.06. The molecule has 0 bridgehead atoms. The Kier molecular flexibility index (Phi) is 4.38. The number of benzene rings is 1. The molecule has 6 heteroatoms. The molecule has 0 aliphatic carbocycles. The second-order valence-corrected chi connectivity index (χ2v) is 4.11. The van der Waals surface area contributed by atoms with Crippen LogP contribution in [0.5, 0.6) is 0 Å². The van der Waals surface area contributed by atoms with Gasteiger partial charge in [0.2, 0.25) is 5.91 Å². The molecule has 1 heterocycles. The predicted octanol–water partition coefficient (Wildman–Crippen LogP) is 0.932. The first-order valence-corrected chi connectivity index (χ1v) is 5.96. The smallest absolute Gasteiger partial charge is 0.227 e. The first kappa shape index (κ1) is 13.4. The molecular weight excluding hydrogens is 244 g/mol. The molecular formula is C13H16N4O2. The van der Waals surface area contributed by atoms with Gasteiger partial charge in [0.25, 0.3) is 0 Å². The van der Waals surface area contributed by atoms with Gasteiger partial charge in [0, 0.05) is 31.7 Å². The second-order valence-electron chi connectivity index (χ2n) is 4.11. The molecule has 1 atom stereocenters. The standard InChI is InChI=1S/C13H16N4O2/c1-19-10(8-14)7-13(18)17-9-2-3-11-12(6-9)16-5-4-15-11/h2-6,10H,7-8,14H2,1H3,(H,17,18). The number of rotatable bonds is 5. The number of nitrogens with two attached hydrogens (primary N) is 1. The number of carbonyl (C=O) groups excluding carboxylic acids is 1. The van der Waals surface area contributed by atoms with Crippen LogP contribution in [0, 0.1) is 0 Å². The van der Waals surface area contributed by atoms with E-state index >= 15 is 0 Å². The van der Waals surface area contributed by atoms with Crippen molar-refractivity contribution in [3.8, 4) is 0 Å². The van der Waals surface area contributed by atoms with E-state index in [-0.39, 0.29) is 18.4 Å². The monoisotopic (exact) mass is 260 g/mol. The summed E-state index contributed by atoms with van der Waals surface area (Å²) in [6, 6.07) is 5.39. The van der Waals surface area contributed by atoms with Gasteiger partial charge in [-0.3, -0.25) is 14.8 Å². The third kappa shape index (κ3) is 3.46. The van der Waals surface area contributed by atoms with Crippen LogP contribution in [-0.2, 0) is 9.53 Å². The minimum Gasteiger partial charge on any atom is -0.380 e. The number of carbonyl (C=O) groups is 1. The third-order valence-corrected chi connectivity index (χ3v) is 2.76. The molecule has 1 unspecified atom stereocenters. The lowest BCUT2D eigenvalue weighted by atomic mass is 10.2. The van der Waals surface area contributed by atoms with Crippen molar-refractivity contribution in [2.45, 2.75) is 12.5 Å². The van der Waals surface area contributed by atoms with Crippen LogP contribution in [0.3, 0.4) is 0 Å². The van der Waals surface area contributed by atoms with Gasteiger partial charge in [-0.2, -0.15) is 0 Å². The topological polar surface area (TPSA) is 90.1 Å². The van der Waals surface area contributed by atoms with Crippen LogP contribution in [0.4, 0.5) is 5.69 Å². The van der Waals surface area contributed by atoms with Crippen LogP contribution in [0.25, 0.3) is 11.0 Å². The van der Waals surface area contributed by atoms with Crippen molar-refractivity contribution >= 4 is 22.6 Å². The molecule has 0 radical (unpaired) electrons. The van der Waals surface area contributed by atoms with Gasteiger partial charge in [0.05, 0.1) is 23.6 Å². The molecule has 2 aromatic rings. The molecule has 0 aliphatic heterocycles. The van der Waals surface area contributed by atoms with Crippen LogP contribution >= 0.6 is 0 Å². The number of methoxy groups -OCH3 is 1. The van der Waals surface area contributed by atoms with Gasteiger partial charge < -0.3 is 15.8 Å². The number of anilines is 1. The normalized spacial score (nSPS) is 12.3. The molecule has 0 saturated heterocycles. The predicted molar refractivity (Wildman–Crippen MR) is 72.6 cm³/mol. The summed E-state index contributed by atoms with van der Waals surface area (Å²) in [4.78, 5) is 20.1. The van der Waals surface area contributed by atoms with Gasteiger partial charge in [0.1, 0.15) is 0 Å². The van der Waals surface area contributed by atoms with Crippen LogP contribution in [0.15, 0.2) is 30.6 Å². The van der Waals surface area contributed by atoms with Crippen LogP contribution in [0.1, 0.15) is 6.42 Å².